The van der Waals surface area contributed by atoms with Gasteiger partial charge in [-0.3, -0.25) is 4.79 Å². The number of H-pyrrole nitrogens is 1. The molecular formula is C18H19N3OS. The van der Waals surface area contributed by atoms with Crippen LogP contribution in [0.5, 0.6) is 0 Å². The van der Waals surface area contributed by atoms with Gasteiger partial charge in [0.2, 0.25) is 0 Å². The van der Waals surface area contributed by atoms with Crippen LogP contribution in [0.2, 0.25) is 0 Å². The molecule has 1 aliphatic carbocycles. The lowest BCUT2D eigenvalue weighted by Gasteiger charge is -2.16. The van der Waals surface area contributed by atoms with E-state index in [-0.39, 0.29) is 5.91 Å². The summed E-state index contributed by atoms with van der Waals surface area (Å²) in [5.74, 6) is 0.0335. The molecular weight excluding hydrogens is 306 g/mol. The van der Waals surface area contributed by atoms with Crippen LogP contribution < -0.4 is 0 Å². The number of carbonyl (C=O) groups is 1. The molecule has 3 aromatic rings. The molecule has 4 nitrogen and oxygen atoms in total. The molecule has 1 amide bonds. The summed E-state index contributed by atoms with van der Waals surface area (Å²) in [6, 6.07) is 7.81. The summed E-state index contributed by atoms with van der Waals surface area (Å²) in [6.45, 7) is 0.577. The number of hydrogen-bond acceptors (Lipinski definition) is 3. The third-order valence-electron chi connectivity index (χ3n) is 4.43. The van der Waals surface area contributed by atoms with Gasteiger partial charge in [-0.25, -0.2) is 4.98 Å². The highest BCUT2D eigenvalue weighted by molar-refractivity contribution is 7.11. The fourth-order valence-corrected chi connectivity index (χ4v) is 4.43. The van der Waals surface area contributed by atoms with Crippen molar-refractivity contribution in [1.82, 2.24) is 14.9 Å². The maximum absolute atomic E-state index is 12.8. The predicted octanol–water partition coefficient (Wildman–Crippen LogP) is 3.78. The van der Waals surface area contributed by atoms with E-state index >= 15 is 0 Å². The van der Waals surface area contributed by atoms with E-state index in [9.17, 15) is 4.79 Å². The molecule has 118 valence electrons. The van der Waals surface area contributed by atoms with Gasteiger partial charge in [-0.2, -0.15) is 0 Å². The van der Waals surface area contributed by atoms with Crippen LogP contribution in [0.1, 0.15) is 38.8 Å². The molecule has 0 saturated carbocycles. The summed E-state index contributed by atoms with van der Waals surface area (Å²) in [4.78, 5) is 23.9. The fraction of sp³-hybridized carbons (Fsp3) is 0.333. The van der Waals surface area contributed by atoms with E-state index in [4.69, 9.17) is 4.98 Å². The number of para-hydroxylation sites is 1. The van der Waals surface area contributed by atoms with E-state index in [2.05, 4.69) is 4.98 Å². The van der Waals surface area contributed by atoms with Crippen LogP contribution in [0.3, 0.4) is 0 Å². The van der Waals surface area contributed by atoms with Crippen LogP contribution in [0.25, 0.3) is 10.9 Å². The Hall–Kier alpha value is -2.14. The van der Waals surface area contributed by atoms with Gasteiger partial charge < -0.3 is 9.88 Å². The molecule has 4 rings (SSSR count). The number of thiazole rings is 1. The predicted molar refractivity (Wildman–Crippen MR) is 92.9 cm³/mol. The number of amides is 1. The van der Waals surface area contributed by atoms with Gasteiger partial charge in [-0.05, 0) is 37.8 Å². The number of benzene rings is 1. The first kappa shape index (κ1) is 14.5. The minimum absolute atomic E-state index is 0.0335. The number of fused-ring (bicyclic) bond motifs is 2. The topological polar surface area (TPSA) is 49.0 Å². The summed E-state index contributed by atoms with van der Waals surface area (Å²) in [5, 5.41) is 2.11. The second-order valence-corrected chi connectivity index (χ2v) is 7.26. The van der Waals surface area contributed by atoms with Crippen molar-refractivity contribution in [3.8, 4) is 0 Å². The minimum atomic E-state index is 0.0335. The van der Waals surface area contributed by atoms with Gasteiger partial charge in [0.1, 0.15) is 5.01 Å². The molecule has 0 bridgehead atoms. The van der Waals surface area contributed by atoms with Crippen LogP contribution in [0.15, 0.2) is 30.5 Å². The van der Waals surface area contributed by atoms with Gasteiger partial charge in [0.25, 0.3) is 5.91 Å². The molecule has 0 fully saturated rings. The zero-order chi connectivity index (χ0) is 15.8. The smallest absolute Gasteiger partial charge is 0.256 e. The number of aryl methyl sites for hydroxylation is 2. The van der Waals surface area contributed by atoms with Crippen LogP contribution in [0.4, 0.5) is 0 Å². The largest absolute Gasteiger partial charge is 0.361 e. The number of nitrogens with one attached hydrogen (secondary N) is 1. The Morgan fingerprint density at radius 2 is 2.17 bits per heavy atom. The van der Waals surface area contributed by atoms with Gasteiger partial charge in [-0.1, -0.05) is 12.1 Å². The van der Waals surface area contributed by atoms with Crippen LogP contribution in [-0.4, -0.2) is 27.8 Å². The Morgan fingerprint density at radius 1 is 1.30 bits per heavy atom. The Morgan fingerprint density at radius 3 is 3.04 bits per heavy atom. The molecule has 23 heavy (non-hydrogen) atoms. The van der Waals surface area contributed by atoms with Gasteiger partial charge >= 0.3 is 0 Å². The Kier molecular flexibility index (Phi) is 3.65. The lowest BCUT2D eigenvalue weighted by Crippen LogP contribution is -2.26. The molecule has 0 radical (unpaired) electrons. The van der Waals surface area contributed by atoms with Crippen molar-refractivity contribution in [3.63, 3.8) is 0 Å². The van der Waals surface area contributed by atoms with E-state index in [1.807, 2.05) is 37.5 Å². The zero-order valence-electron chi connectivity index (χ0n) is 13.1. The maximum Gasteiger partial charge on any atom is 0.256 e. The number of nitrogens with zero attached hydrogens (tertiary/aromatic N) is 2. The normalized spacial score (nSPS) is 14.0. The molecule has 1 aliphatic rings. The highest BCUT2D eigenvalue weighted by Gasteiger charge is 2.19. The Balaban J connectivity index is 1.56. The molecule has 0 aliphatic heterocycles. The van der Waals surface area contributed by atoms with Crippen LogP contribution >= 0.6 is 11.3 Å². The average molecular weight is 325 g/mol. The molecule has 0 atom stereocenters. The van der Waals surface area contributed by atoms with Crippen molar-refractivity contribution in [3.05, 3.63) is 51.6 Å². The highest BCUT2D eigenvalue weighted by Crippen LogP contribution is 2.27. The summed E-state index contributed by atoms with van der Waals surface area (Å²) in [7, 11) is 1.85. The Bertz CT molecular complexity index is 841. The molecule has 2 heterocycles. The van der Waals surface area contributed by atoms with Gasteiger partial charge in [0, 0.05) is 23.5 Å². The number of aromatic nitrogens is 2. The Labute approximate surface area is 139 Å². The lowest BCUT2D eigenvalue weighted by molar-refractivity contribution is 0.0786. The third-order valence-corrected chi connectivity index (χ3v) is 5.57. The molecule has 2 aromatic heterocycles. The number of hydrogen-bond donors (Lipinski definition) is 1. The van der Waals surface area contributed by atoms with Crippen molar-refractivity contribution in [2.24, 2.45) is 0 Å². The first-order valence-corrected chi connectivity index (χ1v) is 8.83. The number of carbonyl (C=O) groups excluding carboxylic acids is 1. The molecule has 0 spiro atoms. The first-order chi connectivity index (χ1) is 11.2. The molecule has 1 aromatic carbocycles. The second-order valence-electron chi connectivity index (χ2n) is 6.09. The summed E-state index contributed by atoms with van der Waals surface area (Å²) < 4.78 is 0. The molecule has 0 saturated heterocycles. The SMILES string of the molecule is CN(Cc1nc2c(s1)CCCC2)C(=O)c1cccc2cc[nH]c12. The summed E-state index contributed by atoms with van der Waals surface area (Å²) in [5.41, 5.74) is 2.88. The highest BCUT2D eigenvalue weighted by atomic mass is 32.1. The number of aromatic amines is 1. The molecule has 0 unspecified atom stereocenters. The third kappa shape index (κ3) is 2.65. The second kappa shape index (κ2) is 5.81. The van der Waals surface area contributed by atoms with E-state index in [1.165, 1.54) is 23.4 Å². The van der Waals surface area contributed by atoms with E-state index in [0.717, 1.165) is 34.3 Å². The zero-order valence-corrected chi connectivity index (χ0v) is 13.9. The lowest BCUT2D eigenvalue weighted by atomic mass is 10.0. The first-order valence-electron chi connectivity index (χ1n) is 8.01. The quantitative estimate of drug-likeness (QED) is 0.797. The fourth-order valence-electron chi connectivity index (χ4n) is 3.22. The number of rotatable bonds is 3. The van der Waals surface area contributed by atoms with Crippen molar-refractivity contribution in [1.29, 1.82) is 0 Å². The summed E-state index contributed by atoms with van der Waals surface area (Å²) in [6.07, 6.45) is 6.60. The van der Waals surface area contributed by atoms with E-state index < -0.39 is 0 Å². The monoisotopic (exact) mass is 325 g/mol. The summed E-state index contributed by atoms with van der Waals surface area (Å²) >= 11 is 1.77. The molecule has 5 heteroatoms. The van der Waals surface area contributed by atoms with E-state index in [0.29, 0.717) is 6.54 Å². The minimum Gasteiger partial charge on any atom is -0.361 e. The van der Waals surface area contributed by atoms with Gasteiger partial charge in [-0.15, -0.1) is 11.3 Å². The average Bonchev–Trinajstić information content (AvgIpc) is 3.19. The molecule has 1 N–H and O–H groups in total. The van der Waals surface area contributed by atoms with Crippen molar-refractivity contribution >= 4 is 28.1 Å². The standard InChI is InChI=1S/C18H19N3OS/c1-21(11-16-20-14-7-2-3-8-15(14)23-16)18(22)13-6-4-5-12-9-10-19-17(12)13/h4-6,9-10,19H,2-3,7-8,11H2,1H3. The van der Waals surface area contributed by atoms with Gasteiger partial charge in [0.05, 0.1) is 23.3 Å². The van der Waals surface area contributed by atoms with Crippen LogP contribution in [-0.2, 0) is 19.4 Å². The maximum atomic E-state index is 12.8. The van der Waals surface area contributed by atoms with Crippen molar-refractivity contribution in [2.75, 3.05) is 7.05 Å². The van der Waals surface area contributed by atoms with Gasteiger partial charge in [0.15, 0.2) is 0 Å². The van der Waals surface area contributed by atoms with Crippen LogP contribution in [0, 0.1) is 0 Å². The van der Waals surface area contributed by atoms with Crippen molar-refractivity contribution < 1.29 is 4.79 Å². The van der Waals surface area contributed by atoms with E-state index in [1.54, 1.807) is 16.2 Å². The van der Waals surface area contributed by atoms with Crippen molar-refractivity contribution in [2.45, 2.75) is 32.2 Å².